The van der Waals surface area contributed by atoms with Crippen LogP contribution in [-0.4, -0.2) is 59.8 Å². The second kappa shape index (κ2) is 8.15. The third kappa shape index (κ3) is 4.46. The molecular weight excluding hydrogens is 463 g/mol. The summed E-state index contributed by atoms with van der Waals surface area (Å²) in [5.41, 5.74) is 0.787. The number of nitrogens with zero attached hydrogens (tertiary/aromatic N) is 1. The average Bonchev–Trinajstić information content (AvgIpc) is 2.82. The lowest BCUT2D eigenvalue weighted by Crippen LogP contribution is -2.72. The summed E-state index contributed by atoms with van der Waals surface area (Å²) in [6.07, 6.45) is 0.0854. The Kier molecular flexibility index (Phi) is 6.32. The maximum Gasteiger partial charge on any atom is 0.334 e. The molecule has 2 aliphatic rings. The number of rotatable bonds is 5. The molecule has 1 N–H and O–H groups in total. The lowest BCUT2D eigenvalue weighted by Gasteiger charge is -2.41. The van der Waals surface area contributed by atoms with Gasteiger partial charge in [0, 0.05) is 0 Å². The van der Waals surface area contributed by atoms with Crippen molar-refractivity contribution in [2.24, 2.45) is 0 Å². The van der Waals surface area contributed by atoms with E-state index in [-0.39, 0.29) is 12.3 Å². The number of fused-ring (bicyclic) bond motifs is 1. The minimum Gasteiger partial charge on any atom is -0.614 e. The highest BCUT2D eigenvalue weighted by molar-refractivity contribution is 7.94. The van der Waals surface area contributed by atoms with Gasteiger partial charge < -0.3 is 14.6 Å². The van der Waals surface area contributed by atoms with E-state index in [4.69, 9.17) is 39.5 Å². The van der Waals surface area contributed by atoms with Gasteiger partial charge in [0.1, 0.15) is 6.61 Å². The van der Waals surface area contributed by atoms with Gasteiger partial charge in [-0.05, 0) is 30.6 Å². The molecule has 0 radical (unpaired) electrons. The smallest absolute Gasteiger partial charge is 0.334 e. The number of nitrogens with one attached hydrogen (secondary N) is 1. The number of halogens is 3. The van der Waals surface area contributed by atoms with E-state index < -0.39 is 55.7 Å². The van der Waals surface area contributed by atoms with Gasteiger partial charge in [0.15, 0.2) is 16.8 Å². The Hall–Kier alpha value is -1.19. The topological polar surface area (TPSA) is 98.8 Å². The Bertz CT molecular complexity index is 817. The number of hydrogen-bond acceptors (Lipinski definition) is 5. The van der Waals surface area contributed by atoms with Gasteiger partial charge in [-0.2, -0.15) is 0 Å². The van der Waals surface area contributed by atoms with Crippen molar-refractivity contribution in [3.05, 3.63) is 35.9 Å². The number of β-lactam (4-membered cyclic amide) rings is 1. The number of esters is 1. The number of alkyl halides is 3. The van der Waals surface area contributed by atoms with Gasteiger partial charge in [-0.1, -0.05) is 65.1 Å². The summed E-state index contributed by atoms with van der Waals surface area (Å²) >= 11 is 15.2. The fourth-order valence-electron chi connectivity index (χ4n) is 3.51. The molecule has 29 heavy (non-hydrogen) atoms. The Labute approximate surface area is 186 Å². The monoisotopic (exact) mass is 480 g/mol. The number of ether oxygens (including phenoxy) is 1. The summed E-state index contributed by atoms with van der Waals surface area (Å²) in [6, 6.07) is 6.97. The molecule has 158 valence electrons. The van der Waals surface area contributed by atoms with Crippen molar-refractivity contribution in [3.63, 3.8) is 0 Å². The van der Waals surface area contributed by atoms with E-state index >= 15 is 0 Å². The molecule has 7 nitrogen and oxygen atoms in total. The van der Waals surface area contributed by atoms with E-state index in [2.05, 4.69) is 5.32 Å². The van der Waals surface area contributed by atoms with Crippen molar-refractivity contribution in [2.75, 3.05) is 6.61 Å². The number of benzene rings is 1. The molecule has 0 bridgehead atoms. The Morgan fingerprint density at radius 2 is 1.90 bits per heavy atom. The van der Waals surface area contributed by atoms with Crippen LogP contribution in [0.4, 0.5) is 0 Å². The fourth-order valence-corrected chi connectivity index (χ4v) is 5.59. The minimum atomic E-state index is -1.80. The molecular formula is C18H19Cl3N2O5S. The molecule has 1 aromatic rings. The van der Waals surface area contributed by atoms with Crippen LogP contribution in [0.1, 0.15) is 19.4 Å². The summed E-state index contributed by atoms with van der Waals surface area (Å²) in [4.78, 5) is 38.7. The quantitative estimate of drug-likeness (QED) is 0.299. The third-order valence-corrected chi connectivity index (χ3v) is 7.41. The fraction of sp³-hybridized carbons (Fsp3) is 0.500. The normalized spacial score (nSPS) is 27.8. The molecule has 2 heterocycles. The van der Waals surface area contributed by atoms with Crippen LogP contribution in [-0.2, 0) is 36.7 Å². The van der Waals surface area contributed by atoms with E-state index in [1.807, 2.05) is 6.07 Å². The molecule has 3 rings (SSSR count). The van der Waals surface area contributed by atoms with Crippen molar-refractivity contribution in [2.45, 2.75) is 46.3 Å². The molecule has 0 aliphatic carbocycles. The lowest BCUT2D eigenvalue weighted by atomic mass is 9.96. The van der Waals surface area contributed by atoms with Gasteiger partial charge >= 0.3 is 5.97 Å². The largest absolute Gasteiger partial charge is 0.614 e. The highest BCUT2D eigenvalue weighted by Crippen LogP contribution is 2.46. The number of carbonyl (C=O) groups is 3. The van der Waals surface area contributed by atoms with Gasteiger partial charge in [0.2, 0.25) is 15.1 Å². The Balaban J connectivity index is 1.70. The Morgan fingerprint density at radius 1 is 1.28 bits per heavy atom. The maximum absolute atomic E-state index is 13.0. The van der Waals surface area contributed by atoms with Crippen LogP contribution >= 0.6 is 34.8 Å². The second-order valence-corrected chi connectivity index (χ2v) is 12.0. The van der Waals surface area contributed by atoms with Crippen molar-refractivity contribution in [3.8, 4) is 0 Å². The van der Waals surface area contributed by atoms with E-state index in [1.54, 1.807) is 38.1 Å². The summed E-state index contributed by atoms with van der Waals surface area (Å²) in [7, 11) is 0. The summed E-state index contributed by atoms with van der Waals surface area (Å²) in [5.74, 6) is -1.67. The Morgan fingerprint density at radius 3 is 2.48 bits per heavy atom. The summed E-state index contributed by atoms with van der Waals surface area (Å²) in [5, 5.41) is 1.81. The maximum atomic E-state index is 13.0. The molecule has 0 spiro atoms. The molecule has 0 saturated carbocycles. The highest BCUT2D eigenvalue weighted by Gasteiger charge is 2.73. The molecule has 2 amide bonds. The average molecular weight is 482 g/mol. The van der Waals surface area contributed by atoms with Gasteiger partial charge in [0.25, 0.3) is 5.91 Å². The predicted molar refractivity (Wildman–Crippen MR) is 110 cm³/mol. The van der Waals surface area contributed by atoms with Crippen LogP contribution in [0.5, 0.6) is 0 Å². The van der Waals surface area contributed by atoms with Gasteiger partial charge in [-0.3, -0.25) is 14.5 Å². The zero-order valence-corrected chi connectivity index (χ0v) is 18.6. The van der Waals surface area contributed by atoms with Crippen molar-refractivity contribution < 1.29 is 23.7 Å². The molecule has 4 atom stereocenters. The molecule has 0 aromatic heterocycles. The molecule has 2 fully saturated rings. The van der Waals surface area contributed by atoms with E-state index in [1.165, 1.54) is 4.90 Å². The van der Waals surface area contributed by atoms with Gasteiger partial charge in [-0.25, -0.2) is 4.79 Å². The predicted octanol–water partition coefficient (Wildman–Crippen LogP) is 1.71. The molecule has 2 aliphatic heterocycles. The van der Waals surface area contributed by atoms with E-state index in [0.29, 0.717) is 0 Å². The van der Waals surface area contributed by atoms with E-state index in [9.17, 15) is 18.9 Å². The molecule has 2 unspecified atom stereocenters. The number of hydrogen-bond donors (Lipinski definition) is 1. The number of amides is 2. The third-order valence-electron chi connectivity index (χ3n) is 4.88. The van der Waals surface area contributed by atoms with Crippen LogP contribution in [0.25, 0.3) is 0 Å². The first kappa shape index (κ1) is 22.5. The zero-order chi connectivity index (χ0) is 21.6. The van der Waals surface area contributed by atoms with Crippen LogP contribution in [0.3, 0.4) is 0 Å². The number of carbonyl (C=O) groups excluding carboxylic acids is 3. The zero-order valence-electron chi connectivity index (χ0n) is 15.6. The second-order valence-electron chi connectivity index (χ2n) is 7.37. The van der Waals surface area contributed by atoms with Gasteiger partial charge in [-0.15, -0.1) is 0 Å². The summed E-state index contributed by atoms with van der Waals surface area (Å²) in [6.45, 7) is 2.69. The van der Waals surface area contributed by atoms with Crippen molar-refractivity contribution >= 4 is 63.8 Å². The standard InChI is InChI=1S/C18H19Cl3N2O5S/c1-17(2)13(16(26)28-9-18(19,20)21)23-14(25)12(15(23)29(17)27)22-11(24)8-10-6-4-3-5-7-10/h3-7,12-13,15H,8-9H2,1-2H3,(H,22,24)/t12-,13?,15-,29?/m1/s1. The molecule has 11 heteroatoms. The summed E-state index contributed by atoms with van der Waals surface area (Å²) < 4.78 is 15.1. The van der Waals surface area contributed by atoms with Crippen LogP contribution in [0, 0.1) is 0 Å². The molecule has 1 aromatic carbocycles. The van der Waals surface area contributed by atoms with Crippen molar-refractivity contribution in [1.29, 1.82) is 0 Å². The van der Waals surface area contributed by atoms with Crippen LogP contribution in [0.15, 0.2) is 30.3 Å². The highest BCUT2D eigenvalue weighted by atomic mass is 35.6. The van der Waals surface area contributed by atoms with Crippen LogP contribution < -0.4 is 5.32 Å². The first-order chi connectivity index (χ1) is 13.4. The van der Waals surface area contributed by atoms with E-state index in [0.717, 1.165) is 5.56 Å². The van der Waals surface area contributed by atoms with Gasteiger partial charge in [0.05, 0.1) is 6.42 Å². The molecule has 2 saturated heterocycles. The SMILES string of the molecule is CC1(C)C(C(=O)OCC(Cl)(Cl)Cl)N2C(=O)[C@@H](NC(=O)Cc3ccccc3)[C@H]2[S+]1[O-]. The first-order valence-electron chi connectivity index (χ1n) is 8.73. The lowest BCUT2D eigenvalue weighted by molar-refractivity contribution is -0.164. The first-order valence-corrected chi connectivity index (χ1v) is 11.1. The minimum absolute atomic E-state index is 0.0854. The van der Waals surface area contributed by atoms with Crippen LogP contribution in [0.2, 0.25) is 0 Å². The van der Waals surface area contributed by atoms with Crippen molar-refractivity contribution in [1.82, 2.24) is 10.2 Å².